The summed E-state index contributed by atoms with van der Waals surface area (Å²) in [5.74, 6) is 0.551. The van der Waals surface area contributed by atoms with Gasteiger partial charge in [0, 0.05) is 28.2 Å². The van der Waals surface area contributed by atoms with Crippen molar-refractivity contribution in [2.45, 2.75) is 66.0 Å². The first-order valence-electron chi connectivity index (χ1n) is 13.4. The topological polar surface area (TPSA) is 126 Å². The lowest BCUT2D eigenvalue weighted by molar-refractivity contribution is -0.155. The Labute approximate surface area is 236 Å². The maximum atomic E-state index is 11.5. The number of carboxylic acids is 1. The number of nitrogens with two attached hydrogens (primary N) is 1. The number of aliphatic hydroxyl groups is 1. The highest BCUT2D eigenvalue weighted by molar-refractivity contribution is 6.31. The molecular formula is C30H41ClN4O4. The number of piperidine rings is 1. The van der Waals surface area contributed by atoms with Gasteiger partial charge in [-0.15, -0.1) is 0 Å². The second-order valence-electron chi connectivity index (χ2n) is 11.9. The predicted octanol–water partition coefficient (Wildman–Crippen LogP) is 5.66. The Morgan fingerprint density at radius 2 is 1.72 bits per heavy atom. The highest BCUT2D eigenvalue weighted by Crippen LogP contribution is 2.32. The van der Waals surface area contributed by atoms with Crippen LogP contribution in [0.1, 0.15) is 58.6 Å². The summed E-state index contributed by atoms with van der Waals surface area (Å²) in [6, 6.07) is 13.8. The first kappa shape index (κ1) is 30.8. The van der Waals surface area contributed by atoms with E-state index in [0.29, 0.717) is 48.6 Å². The van der Waals surface area contributed by atoms with Gasteiger partial charge in [0.15, 0.2) is 0 Å². The van der Waals surface area contributed by atoms with Crippen molar-refractivity contribution in [2.24, 2.45) is 17.1 Å². The van der Waals surface area contributed by atoms with Crippen molar-refractivity contribution in [2.75, 3.05) is 19.7 Å². The number of halogens is 1. The average molecular weight is 557 g/mol. The normalized spacial score (nSPS) is 15.6. The molecule has 1 saturated heterocycles. The van der Waals surface area contributed by atoms with Crippen LogP contribution in [0.5, 0.6) is 0 Å². The van der Waals surface area contributed by atoms with E-state index in [4.69, 9.17) is 21.9 Å². The van der Waals surface area contributed by atoms with Gasteiger partial charge >= 0.3 is 5.97 Å². The van der Waals surface area contributed by atoms with Gasteiger partial charge in [-0.3, -0.25) is 9.69 Å². The van der Waals surface area contributed by atoms with Gasteiger partial charge in [-0.25, -0.2) is 0 Å². The standard InChI is InChI=1S/C26H30ClN3O4.C4H11N/c1-17(2)13-20-7-8-21(14-22(20)27)24-28-23(29-34-24)19-5-3-18(4-6-19)15-30-11-9-26(16-31,10-12-30)25(32)33;1-4(2,3)5/h3-8,14,17,31H,9-13,15-16H2,1-2H3,(H,32,33);5H2,1-3H3. The minimum absolute atomic E-state index is 0. The van der Waals surface area contributed by atoms with Crippen LogP contribution in [0.25, 0.3) is 22.8 Å². The third-order valence-electron chi connectivity index (χ3n) is 6.54. The number of nitrogens with zero attached hydrogens (tertiary/aromatic N) is 3. The molecule has 0 spiro atoms. The monoisotopic (exact) mass is 556 g/mol. The van der Waals surface area contributed by atoms with E-state index in [0.717, 1.165) is 35.2 Å². The van der Waals surface area contributed by atoms with E-state index in [1.54, 1.807) is 0 Å². The molecule has 1 aromatic heterocycles. The second-order valence-corrected chi connectivity index (χ2v) is 12.3. The van der Waals surface area contributed by atoms with Gasteiger partial charge in [-0.1, -0.05) is 60.9 Å². The molecule has 1 aliphatic heterocycles. The Bertz CT molecular complexity index is 1220. The molecule has 3 aromatic rings. The van der Waals surface area contributed by atoms with E-state index in [-0.39, 0.29) is 12.1 Å². The minimum atomic E-state index is -1.00. The van der Waals surface area contributed by atoms with Crippen LogP contribution in [0.15, 0.2) is 47.0 Å². The van der Waals surface area contributed by atoms with Crippen LogP contribution in [0.3, 0.4) is 0 Å². The second kappa shape index (κ2) is 13.0. The molecule has 9 heteroatoms. The molecule has 0 bridgehead atoms. The van der Waals surface area contributed by atoms with Gasteiger partial charge in [-0.2, -0.15) is 4.98 Å². The molecule has 0 amide bonds. The summed E-state index contributed by atoms with van der Waals surface area (Å²) in [7, 11) is 0. The van der Waals surface area contributed by atoms with Crippen LogP contribution in [-0.4, -0.2) is 56.5 Å². The molecule has 2 heterocycles. The van der Waals surface area contributed by atoms with Crippen LogP contribution in [0.4, 0.5) is 0 Å². The molecule has 0 saturated carbocycles. The Kier molecular flexibility index (Phi) is 10.3. The molecule has 0 unspecified atom stereocenters. The zero-order valence-electron chi connectivity index (χ0n) is 23.6. The Balaban J connectivity index is 0.000000771. The van der Waals surface area contributed by atoms with E-state index in [9.17, 15) is 15.0 Å². The smallest absolute Gasteiger partial charge is 0.312 e. The lowest BCUT2D eigenvalue weighted by atomic mass is 9.79. The van der Waals surface area contributed by atoms with Gasteiger partial charge in [0.1, 0.15) is 0 Å². The number of carboxylic acid groups (broad SMARTS) is 1. The van der Waals surface area contributed by atoms with Crippen LogP contribution >= 0.6 is 11.6 Å². The number of aliphatic carboxylic acids is 1. The molecule has 0 atom stereocenters. The molecule has 8 nitrogen and oxygen atoms in total. The Morgan fingerprint density at radius 1 is 1.13 bits per heavy atom. The van der Waals surface area contributed by atoms with Crippen molar-refractivity contribution in [1.82, 2.24) is 15.0 Å². The maximum Gasteiger partial charge on any atom is 0.312 e. The maximum absolute atomic E-state index is 11.5. The third kappa shape index (κ3) is 8.86. The zero-order valence-corrected chi connectivity index (χ0v) is 24.3. The molecule has 1 aliphatic rings. The van der Waals surface area contributed by atoms with Crippen LogP contribution in [0, 0.1) is 11.3 Å². The number of aromatic nitrogens is 2. The van der Waals surface area contributed by atoms with Crippen molar-refractivity contribution < 1.29 is 19.5 Å². The zero-order chi connectivity index (χ0) is 28.8. The minimum Gasteiger partial charge on any atom is -0.481 e. The number of hydrogen-bond donors (Lipinski definition) is 3. The third-order valence-corrected chi connectivity index (χ3v) is 6.89. The highest BCUT2D eigenvalue weighted by atomic mass is 35.5. The predicted molar refractivity (Wildman–Crippen MR) is 154 cm³/mol. The first-order chi connectivity index (χ1) is 18.3. The van der Waals surface area contributed by atoms with Gasteiger partial charge in [0.25, 0.3) is 5.89 Å². The Morgan fingerprint density at radius 3 is 2.23 bits per heavy atom. The largest absolute Gasteiger partial charge is 0.481 e. The number of likely N-dealkylation sites (tertiary alicyclic amines) is 1. The summed E-state index contributed by atoms with van der Waals surface area (Å²) in [5, 5.41) is 23.8. The fraction of sp³-hybridized carbons (Fsp3) is 0.500. The summed E-state index contributed by atoms with van der Waals surface area (Å²) in [4.78, 5) is 18.3. The van der Waals surface area contributed by atoms with Gasteiger partial charge in [0.05, 0.1) is 12.0 Å². The van der Waals surface area contributed by atoms with Crippen molar-refractivity contribution in [1.29, 1.82) is 0 Å². The quantitative estimate of drug-likeness (QED) is 0.324. The summed E-state index contributed by atoms with van der Waals surface area (Å²) in [5.41, 5.74) is 8.22. The molecular weight excluding hydrogens is 516 g/mol. The molecule has 1 fully saturated rings. The lowest BCUT2D eigenvalue weighted by Crippen LogP contribution is -2.46. The van der Waals surface area contributed by atoms with Crippen LogP contribution < -0.4 is 5.73 Å². The highest BCUT2D eigenvalue weighted by Gasteiger charge is 2.40. The SMILES string of the molecule is CC(C)(C)N.CC(C)Cc1ccc(-c2nc(-c3ccc(CN4CCC(CO)(C(=O)O)CC4)cc3)no2)cc1Cl. The lowest BCUT2D eigenvalue weighted by Gasteiger charge is -2.37. The van der Waals surface area contributed by atoms with E-state index >= 15 is 0 Å². The Hall–Kier alpha value is -2.78. The molecule has 39 heavy (non-hydrogen) atoms. The van der Waals surface area contributed by atoms with Crippen molar-refractivity contribution in [3.8, 4) is 22.8 Å². The van der Waals surface area contributed by atoms with E-state index < -0.39 is 11.4 Å². The number of hydrogen-bond acceptors (Lipinski definition) is 7. The van der Waals surface area contributed by atoms with E-state index in [1.807, 2.05) is 63.2 Å². The summed E-state index contributed by atoms with van der Waals surface area (Å²) >= 11 is 6.45. The van der Waals surface area contributed by atoms with E-state index in [1.165, 1.54) is 0 Å². The first-order valence-corrected chi connectivity index (χ1v) is 13.7. The van der Waals surface area contributed by atoms with Gasteiger partial charge in [0.2, 0.25) is 5.82 Å². The molecule has 212 valence electrons. The molecule has 0 aliphatic carbocycles. The fourth-order valence-corrected chi connectivity index (χ4v) is 4.60. The fourth-order valence-electron chi connectivity index (χ4n) is 4.34. The number of carbonyl (C=O) groups is 1. The summed E-state index contributed by atoms with van der Waals surface area (Å²) in [6.07, 6.45) is 1.82. The molecule has 4 N–H and O–H groups in total. The van der Waals surface area contributed by atoms with E-state index in [2.05, 4.69) is 28.9 Å². The average Bonchev–Trinajstić information content (AvgIpc) is 3.35. The number of aliphatic hydroxyl groups excluding tert-OH is 1. The van der Waals surface area contributed by atoms with Gasteiger partial charge in [-0.05, 0) is 82.3 Å². The molecule has 4 rings (SSSR count). The van der Waals surface area contributed by atoms with Crippen molar-refractivity contribution in [3.05, 3.63) is 58.6 Å². The van der Waals surface area contributed by atoms with Crippen LogP contribution in [-0.2, 0) is 17.8 Å². The van der Waals surface area contributed by atoms with Gasteiger partial charge < -0.3 is 20.5 Å². The number of rotatable bonds is 8. The summed E-state index contributed by atoms with van der Waals surface area (Å²) in [6.45, 7) is 11.9. The summed E-state index contributed by atoms with van der Waals surface area (Å²) < 4.78 is 5.49. The van der Waals surface area contributed by atoms with Crippen LogP contribution in [0.2, 0.25) is 5.02 Å². The van der Waals surface area contributed by atoms with Crippen molar-refractivity contribution >= 4 is 17.6 Å². The molecule has 2 aromatic carbocycles. The number of benzene rings is 2. The molecule has 0 radical (unpaired) electrons. The van der Waals surface area contributed by atoms with Crippen molar-refractivity contribution in [3.63, 3.8) is 0 Å².